The molecule has 0 aliphatic carbocycles. The van der Waals surface area contributed by atoms with Crippen LogP contribution in [0, 0.1) is 10.1 Å². The van der Waals surface area contributed by atoms with Crippen molar-refractivity contribution in [3.05, 3.63) is 64.2 Å². The minimum atomic E-state index is -0.341. The summed E-state index contributed by atoms with van der Waals surface area (Å²) in [4.78, 5) is 15.4. The van der Waals surface area contributed by atoms with Gasteiger partial charge < -0.3 is 9.80 Å². The number of non-ortho nitro benzene ring substituents is 1. The zero-order valence-corrected chi connectivity index (χ0v) is 12.9. The Hall–Kier alpha value is -2.56. The molecule has 2 aromatic carbocycles. The van der Waals surface area contributed by atoms with Crippen LogP contribution in [0.3, 0.4) is 0 Å². The van der Waals surface area contributed by atoms with Gasteiger partial charge in [-0.1, -0.05) is 12.1 Å². The zero-order valence-electron chi connectivity index (χ0n) is 12.9. The first kappa shape index (κ1) is 14.1. The molecule has 2 aliphatic rings. The van der Waals surface area contributed by atoms with Crippen LogP contribution < -0.4 is 9.80 Å². The SMILES string of the molecule is O=[N+]([O-])c1ccc(C2N3CCCCCN2c2ccccc23)cc1. The first-order valence-corrected chi connectivity index (χ1v) is 8.12. The number of nitrogens with zero attached hydrogens (tertiary/aromatic N) is 3. The summed E-state index contributed by atoms with van der Waals surface area (Å²) in [5, 5.41) is 10.9. The maximum absolute atomic E-state index is 10.9. The Morgan fingerprint density at radius 1 is 0.870 bits per heavy atom. The highest BCUT2D eigenvalue weighted by molar-refractivity contribution is 5.78. The lowest BCUT2D eigenvalue weighted by molar-refractivity contribution is -0.384. The summed E-state index contributed by atoms with van der Waals surface area (Å²) in [6, 6.07) is 15.5. The van der Waals surface area contributed by atoms with Gasteiger partial charge in [-0.25, -0.2) is 0 Å². The second-order valence-electron chi connectivity index (χ2n) is 6.16. The predicted molar refractivity (Wildman–Crippen MR) is 90.8 cm³/mol. The van der Waals surface area contributed by atoms with Gasteiger partial charge in [0.25, 0.3) is 5.69 Å². The van der Waals surface area contributed by atoms with Crippen molar-refractivity contribution in [2.24, 2.45) is 0 Å². The number of para-hydroxylation sites is 2. The van der Waals surface area contributed by atoms with Crippen LogP contribution in [0.25, 0.3) is 0 Å². The first-order chi connectivity index (χ1) is 11.3. The van der Waals surface area contributed by atoms with E-state index in [0.29, 0.717) is 0 Å². The largest absolute Gasteiger partial charge is 0.346 e. The molecule has 0 amide bonds. The summed E-state index contributed by atoms with van der Waals surface area (Å²) in [5.74, 6) is 0. The van der Waals surface area contributed by atoms with Gasteiger partial charge in [-0.15, -0.1) is 0 Å². The van der Waals surface area contributed by atoms with Gasteiger partial charge in [0.1, 0.15) is 6.17 Å². The van der Waals surface area contributed by atoms with E-state index in [0.717, 1.165) is 18.7 Å². The zero-order chi connectivity index (χ0) is 15.8. The quantitative estimate of drug-likeness (QED) is 0.619. The molecule has 0 aromatic heterocycles. The number of nitro benzene ring substituents is 1. The average molecular weight is 309 g/mol. The van der Waals surface area contributed by atoms with Crippen LogP contribution in [0.5, 0.6) is 0 Å². The highest BCUT2D eigenvalue weighted by Gasteiger charge is 2.37. The molecule has 2 bridgehead atoms. The molecule has 5 heteroatoms. The molecular weight excluding hydrogens is 290 g/mol. The molecule has 0 saturated carbocycles. The van der Waals surface area contributed by atoms with Gasteiger partial charge >= 0.3 is 0 Å². The van der Waals surface area contributed by atoms with Crippen molar-refractivity contribution in [2.75, 3.05) is 22.9 Å². The average Bonchev–Trinajstić information content (AvgIpc) is 2.90. The highest BCUT2D eigenvalue weighted by atomic mass is 16.6. The molecule has 4 rings (SSSR count). The molecule has 0 atom stereocenters. The minimum absolute atomic E-state index is 0.147. The standard InChI is InChI=1S/C18H19N3O2/c22-21(23)15-10-8-14(9-11-15)18-19-12-4-1-5-13-20(18)17-7-3-2-6-16(17)19/h2-3,6-11,18H,1,4-5,12-13H2. The summed E-state index contributed by atoms with van der Waals surface area (Å²) in [5.41, 5.74) is 3.82. The lowest BCUT2D eigenvalue weighted by Crippen LogP contribution is -2.38. The van der Waals surface area contributed by atoms with Crippen LogP contribution >= 0.6 is 0 Å². The lowest BCUT2D eigenvalue weighted by atomic mass is 10.1. The molecule has 2 aliphatic heterocycles. The fraction of sp³-hybridized carbons (Fsp3) is 0.333. The third-order valence-electron chi connectivity index (χ3n) is 4.79. The van der Waals surface area contributed by atoms with Gasteiger partial charge in [0.05, 0.1) is 16.3 Å². The summed E-state index contributed by atoms with van der Waals surface area (Å²) >= 11 is 0. The fourth-order valence-corrected chi connectivity index (χ4v) is 3.74. The van der Waals surface area contributed by atoms with Gasteiger partial charge in [0.2, 0.25) is 0 Å². The van der Waals surface area contributed by atoms with Crippen LogP contribution in [0.2, 0.25) is 0 Å². The van der Waals surface area contributed by atoms with E-state index in [1.54, 1.807) is 12.1 Å². The molecule has 2 aromatic rings. The number of rotatable bonds is 2. The highest BCUT2D eigenvalue weighted by Crippen LogP contribution is 2.47. The fourth-order valence-electron chi connectivity index (χ4n) is 3.74. The summed E-state index contributed by atoms with van der Waals surface area (Å²) in [7, 11) is 0. The number of fused-ring (bicyclic) bond motifs is 5. The maximum Gasteiger partial charge on any atom is 0.269 e. The second kappa shape index (κ2) is 5.57. The Labute approximate surface area is 135 Å². The number of anilines is 2. The van der Waals surface area contributed by atoms with Crippen molar-refractivity contribution in [2.45, 2.75) is 25.4 Å². The molecule has 1 fully saturated rings. The monoisotopic (exact) mass is 309 g/mol. The Bertz CT molecular complexity index is 696. The number of nitro groups is 1. The van der Waals surface area contributed by atoms with Crippen molar-refractivity contribution >= 4 is 17.1 Å². The van der Waals surface area contributed by atoms with E-state index in [2.05, 4.69) is 34.1 Å². The molecule has 0 spiro atoms. The maximum atomic E-state index is 10.9. The molecule has 23 heavy (non-hydrogen) atoms. The lowest BCUT2D eigenvalue weighted by Gasteiger charge is -2.35. The Balaban J connectivity index is 1.77. The van der Waals surface area contributed by atoms with E-state index in [9.17, 15) is 10.1 Å². The number of hydrogen-bond acceptors (Lipinski definition) is 4. The van der Waals surface area contributed by atoms with Crippen LogP contribution in [-0.2, 0) is 0 Å². The van der Waals surface area contributed by atoms with Crippen LogP contribution in [-0.4, -0.2) is 18.0 Å². The summed E-state index contributed by atoms with van der Waals surface area (Å²) in [6.45, 7) is 2.05. The van der Waals surface area contributed by atoms with E-state index in [-0.39, 0.29) is 16.8 Å². The van der Waals surface area contributed by atoms with Crippen LogP contribution in [0.1, 0.15) is 31.0 Å². The van der Waals surface area contributed by atoms with Crippen LogP contribution in [0.4, 0.5) is 17.1 Å². The van der Waals surface area contributed by atoms with Gasteiger partial charge in [0.15, 0.2) is 0 Å². The van der Waals surface area contributed by atoms with Gasteiger partial charge in [-0.2, -0.15) is 0 Å². The minimum Gasteiger partial charge on any atom is -0.346 e. The molecule has 1 saturated heterocycles. The Morgan fingerprint density at radius 2 is 1.43 bits per heavy atom. The first-order valence-electron chi connectivity index (χ1n) is 8.12. The van der Waals surface area contributed by atoms with E-state index in [1.165, 1.54) is 30.6 Å². The summed E-state index contributed by atoms with van der Waals surface area (Å²) in [6.07, 6.45) is 3.76. The van der Waals surface area contributed by atoms with E-state index in [4.69, 9.17) is 0 Å². The second-order valence-corrected chi connectivity index (χ2v) is 6.16. The molecule has 2 heterocycles. The predicted octanol–water partition coefficient (Wildman–Crippen LogP) is 4.10. The van der Waals surface area contributed by atoms with E-state index in [1.807, 2.05) is 12.1 Å². The van der Waals surface area contributed by atoms with Crippen molar-refractivity contribution in [1.82, 2.24) is 0 Å². The van der Waals surface area contributed by atoms with Crippen molar-refractivity contribution < 1.29 is 4.92 Å². The Morgan fingerprint density at radius 3 is 1.96 bits per heavy atom. The van der Waals surface area contributed by atoms with E-state index < -0.39 is 0 Å². The van der Waals surface area contributed by atoms with E-state index >= 15 is 0 Å². The third kappa shape index (κ3) is 2.32. The molecule has 118 valence electrons. The van der Waals surface area contributed by atoms with Gasteiger partial charge in [0, 0.05) is 25.2 Å². The van der Waals surface area contributed by atoms with Crippen molar-refractivity contribution in [3.63, 3.8) is 0 Å². The van der Waals surface area contributed by atoms with Gasteiger partial charge in [-0.05, 0) is 49.1 Å². The van der Waals surface area contributed by atoms with Gasteiger partial charge in [-0.3, -0.25) is 10.1 Å². The topological polar surface area (TPSA) is 49.6 Å². The molecular formula is C18H19N3O2. The number of benzene rings is 2. The number of hydrogen-bond donors (Lipinski definition) is 0. The summed E-state index contributed by atoms with van der Waals surface area (Å²) < 4.78 is 0. The third-order valence-corrected chi connectivity index (χ3v) is 4.79. The molecule has 0 N–H and O–H groups in total. The Kier molecular flexibility index (Phi) is 3.41. The normalized spacial score (nSPS) is 17.6. The smallest absolute Gasteiger partial charge is 0.269 e. The van der Waals surface area contributed by atoms with Crippen molar-refractivity contribution in [3.8, 4) is 0 Å². The molecule has 0 unspecified atom stereocenters. The molecule has 0 radical (unpaired) electrons. The van der Waals surface area contributed by atoms with Crippen LogP contribution in [0.15, 0.2) is 48.5 Å². The van der Waals surface area contributed by atoms with Crippen molar-refractivity contribution in [1.29, 1.82) is 0 Å². The molecule has 5 nitrogen and oxygen atoms in total.